The molecule has 0 bridgehead atoms. The van der Waals surface area contributed by atoms with Crippen LogP contribution < -0.4 is 0 Å². The Morgan fingerprint density at radius 1 is 0.786 bits per heavy atom. The number of nitrogens with zero attached hydrogens (tertiary/aromatic N) is 2. The molecule has 1 saturated heterocycles. The monoisotopic (exact) mass is 801 g/mol. The van der Waals surface area contributed by atoms with Gasteiger partial charge in [-0.1, -0.05) is 89.7 Å². The summed E-state index contributed by atoms with van der Waals surface area (Å²) < 4.78 is 6.45. The quantitative estimate of drug-likeness (QED) is 0.180. The van der Waals surface area contributed by atoms with E-state index in [2.05, 4.69) is 71.9 Å². The highest BCUT2D eigenvalue weighted by molar-refractivity contribution is 5.02. The molecule has 338 valence electrons. The van der Waals surface area contributed by atoms with Crippen molar-refractivity contribution < 1.29 is 30.3 Å². The molecule has 8 heteroatoms. The van der Waals surface area contributed by atoms with Crippen LogP contribution in [0.15, 0.2) is 12.3 Å². The van der Waals surface area contributed by atoms with Gasteiger partial charge in [-0.25, -0.2) is 0 Å². The molecule has 56 heavy (non-hydrogen) atoms. The van der Waals surface area contributed by atoms with Gasteiger partial charge in [0.05, 0.1) is 17.5 Å². The zero-order valence-corrected chi connectivity index (χ0v) is 40.4. The third kappa shape index (κ3) is 19.5. The molecule has 0 aromatic carbocycles. The molecule has 0 spiro atoms. The first-order valence-corrected chi connectivity index (χ1v) is 23.1. The molecule has 1 heterocycles. The van der Waals surface area contributed by atoms with Crippen LogP contribution in [0.1, 0.15) is 174 Å². The summed E-state index contributed by atoms with van der Waals surface area (Å²) in [6.07, 6.45) is 9.83. The fourth-order valence-electron chi connectivity index (χ4n) is 10.5. The maximum atomic E-state index is 11.6. The molecule has 5 N–H and O–H groups in total. The van der Waals surface area contributed by atoms with Crippen LogP contribution >= 0.6 is 0 Å². The Morgan fingerprint density at radius 2 is 1.30 bits per heavy atom. The minimum Gasteiger partial charge on any atom is -0.492 e. The van der Waals surface area contributed by atoms with Crippen molar-refractivity contribution in [1.82, 2.24) is 9.80 Å². The van der Waals surface area contributed by atoms with Crippen LogP contribution in [0.2, 0.25) is 0 Å². The van der Waals surface area contributed by atoms with Gasteiger partial charge < -0.3 is 40.1 Å². The first-order chi connectivity index (χ1) is 26.1. The third-order valence-corrected chi connectivity index (χ3v) is 13.1. The van der Waals surface area contributed by atoms with Gasteiger partial charge in [-0.3, -0.25) is 0 Å². The van der Waals surface area contributed by atoms with E-state index < -0.39 is 23.4 Å². The standard InChI is InChI=1S/C32H61NO4.C11H23NO.2C2H6.CH4O/c1-12-29-32(10,36)30(34)25(7)33(11)19-22(4)17-31(9,35)18-23(5)28(24(6)26(8)37-29)16-27-14-20(2)13-21(3)15-27;1-4-5-12(3)10-6-9(2)7-11(13)8-10;3*1-2/h20-25,27-30,34-36H,8,12-19H2,1-7,9-11H3;9-11,13H,4-8H2,1-3H3;2*1-2H3;2H,1H3/t20?,21?,22-,23-,24?,25?,27?,28+,29-,30?,31-,32-;;;;/m1..../s1. The van der Waals surface area contributed by atoms with Crippen LogP contribution in [-0.4, -0.2) is 111 Å². The number of allylic oxidation sites excluding steroid dienone is 1. The lowest BCUT2D eigenvalue weighted by atomic mass is 9.67. The molecular formula is C48H100N2O6. The van der Waals surface area contributed by atoms with E-state index >= 15 is 0 Å². The van der Waals surface area contributed by atoms with E-state index in [1.54, 1.807) is 6.92 Å². The normalized spacial score (nSPS) is 40.3. The summed E-state index contributed by atoms with van der Waals surface area (Å²) in [4.78, 5) is 4.50. The summed E-state index contributed by atoms with van der Waals surface area (Å²) in [5.41, 5.74) is -2.19. The molecule has 0 amide bonds. The van der Waals surface area contributed by atoms with E-state index in [0.717, 1.165) is 57.7 Å². The molecule has 3 rings (SSSR count). The molecule has 0 radical (unpaired) electrons. The van der Waals surface area contributed by atoms with Crippen molar-refractivity contribution in [3.05, 3.63) is 12.3 Å². The average molecular weight is 801 g/mol. The Labute approximate surface area is 349 Å². The summed E-state index contributed by atoms with van der Waals surface area (Å²) in [6.45, 7) is 37.8. The number of rotatable bonds is 6. The Hall–Kier alpha value is -0.740. The molecule has 0 aromatic rings. The van der Waals surface area contributed by atoms with Gasteiger partial charge in [0.25, 0.3) is 0 Å². The molecule has 8 nitrogen and oxygen atoms in total. The van der Waals surface area contributed by atoms with E-state index in [9.17, 15) is 20.4 Å². The predicted molar refractivity (Wildman–Crippen MR) is 241 cm³/mol. The highest BCUT2D eigenvalue weighted by Crippen LogP contribution is 2.44. The maximum absolute atomic E-state index is 11.6. The Bertz CT molecular complexity index is 973. The van der Waals surface area contributed by atoms with Crippen molar-refractivity contribution in [2.75, 3.05) is 34.3 Å². The Kier molecular flexibility index (Phi) is 29.4. The minimum absolute atomic E-state index is 0.0620. The molecule has 2 aliphatic carbocycles. The highest BCUT2D eigenvalue weighted by atomic mass is 16.5. The van der Waals surface area contributed by atoms with Crippen LogP contribution in [0.5, 0.6) is 0 Å². The number of likely N-dealkylation sites (N-methyl/N-ethyl adjacent to an activating group) is 1. The van der Waals surface area contributed by atoms with E-state index in [1.165, 1.54) is 32.1 Å². The van der Waals surface area contributed by atoms with Crippen LogP contribution in [0.4, 0.5) is 0 Å². The van der Waals surface area contributed by atoms with Gasteiger partial charge in [0.2, 0.25) is 0 Å². The second-order valence-electron chi connectivity index (χ2n) is 18.9. The maximum Gasteiger partial charge on any atom is 0.129 e. The SMILES string of the molecule is C=C1O[C@H](CC)[C@@](C)(O)C(O)C(C)N(C)C[C@H](C)C[C@@](C)(O)C[C@@H](C)[C@H](CC2CC(C)CC(C)C2)C1C.CC.CC.CCCN(C)C1CC(C)CC(O)C1.CO. The number of hydrogen-bond donors (Lipinski definition) is 5. The fraction of sp³-hybridized carbons (Fsp3) is 0.958. The largest absolute Gasteiger partial charge is 0.492 e. The zero-order valence-electron chi connectivity index (χ0n) is 40.4. The Balaban J connectivity index is 0. The smallest absolute Gasteiger partial charge is 0.129 e. The van der Waals surface area contributed by atoms with Gasteiger partial charge in [0.1, 0.15) is 17.8 Å². The van der Waals surface area contributed by atoms with Crippen LogP contribution in [0.3, 0.4) is 0 Å². The molecule has 0 aromatic heterocycles. The molecule has 3 fully saturated rings. The number of ether oxygens (including phenoxy) is 1. The molecule has 1 aliphatic heterocycles. The highest BCUT2D eigenvalue weighted by Gasteiger charge is 2.45. The van der Waals surface area contributed by atoms with Gasteiger partial charge in [-0.05, 0) is 153 Å². The van der Waals surface area contributed by atoms with Crippen LogP contribution in [0.25, 0.3) is 0 Å². The molecule has 3 aliphatic rings. The van der Waals surface area contributed by atoms with Gasteiger partial charge in [-0.2, -0.15) is 0 Å². The Morgan fingerprint density at radius 3 is 1.79 bits per heavy atom. The van der Waals surface area contributed by atoms with E-state index in [-0.39, 0.29) is 24.0 Å². The van der Waals surface area contributed by atoms with Gasteiger partial charge in [0.15, 0.2) is 0 Å². The molecular weight excluding hydrogens is 701 g/mol. The lowest BCUT2D eigenvalue weighted by Gasteiger charge is -2.43. The lowest BCUT2D eigenvalue weighted by molar-refractivity contribution is -0.163. The lowest BCUT2D eigenvalue weighted by Crippen LogP contribution is -2.58. The second kappa shape index (κ2) is 28.7. The van der Waals surface area contributed by atoms with Crippen molar-refractivity contribution in [1.29, 1.82) is 0 Å². The summed E-state index contributed by atoms with van der Waals surface area (Å²) in [5.74, 6) is 4.53. The van der Waals surface area contributed by atoms with Gasteiger partial charge in [0, 0.05) is 31.7 Å². The molecule has 2 saturated carbocycles. The van der Waals surface area contributed by atoms with Crippen molar-refractivity contribution in [2.24, 2.45) is 47.3 Å². The van der Waals surface area contributed by atoms with Gasteiger partial charge in [-0.15, -0.1) is 0 Å². The number of aliphatic hydroxyl groups excluding tert-OH is 3. The first kappa shape index (κ1) is 57.4. The van der Waals surface area contributed by atoms with Crippen molar-refractivity contribution in [3.8, 4) is 0 Å². The summed E-state index contributed by atoms with van der Waals surface area (Å²) in [5, 5.41) is 51.0. The molecule has 14 atom stereocenters. The topological polar surface area (TPSA) is 117 Å². The van der Waals surface area contributed by atoms with Crippen molar-refractivity contribution >= 4 is 0 Å². The second-order valence-corrected chi connectivity index (χ2v) is 18.9. The predicted octanol–water partition coefficient (Wildman–Crippen LogP) is 9.80. The number of hydrogen-bond acceptors (Lipinski definition) is 8. The van der Waals surface area contributed by atoms with Crippen LogP contribution in [0, 0.1) is 47.3 Å². The van der Waals surface area contributed by atoms with Crippen molar-refractivity contribution in [3.63, 3.8) is 0 Å². The summed E-state index contributed by atoms with van der Waals surface area (Å²) in [7, 11) is 5.17. The first-order valence-electron chi connectivity index (χ1n) is 23.1. The fourth-order valence-corrected chi connectivity index (χ4v) is 10.5. The zero-order chi connectivity index (χ0) is 44.1. The van der Waals surface area contributed by atoms with E-state index in [0.29, 0.717) is 48.3 Å². The third-order valence-electron chi connectivity index (χ3n) is 13.1. The van der Waals surface area contributed by atoms with Crippen LogP contribution in [-0.2, 0) is 4.74 Å². The average Bonchev–Trinajstić information content (AvgIpc) is 3.12. The minimum atomic E-state index is -1.42. The number of aliphatic hydroxyl groups is 5. The molecule has 8 unspecified atom stereocenters. The van der Waals surface area contributed by atoms with Crippen molar-refractivity contribution in [2.45, 2.75) is 216 Å². The summed E-state index contributed by atoms with van der Waals surface area (Å²) in [6, 6.07) is 0.344. The van der Waals surface area contributed by atoms with E-state index in [4.69, 9.17) is 9.84 Å². The van der Waals surface area contributed by atoms with E-state index in [1.807, 2.05) is 55.5 Å². The summed E-state index contributed by atoms with van der Waals surface area (Å²) >= 11 is 0. The van der Waals surface area contributed by atoms with Gasteiger partial charge >= 0.3 is 0 Å².